The van der Waals surface area contributed by atoms with Crippen LogP contribution in [0.25, 0.3) is 0 Å². The van der Waals surface area contributed by atoms with E-state index in [0.717, 1.165) is 38.0 Å². The molecular formula is C17H25Cl2N3O3. The van der Waals surface area contributed by atoms with Crippen molar-refractivity contribution in [2.75, 3.05) is 26.7 Å². The Balaban J connectivity index is 0.00000156. The molecule has 0 saturated carbocycles. The number of amides is 1. The molecule has 0 aliphatic carbocycles. The van der Waals surface area contributed by atoms with Gasteiger partial charge >= 0.3 is 5.97 Å². The fraction of sp³-hybridized carbons (Fsp3) is 0.588. The maximum absolute atomic E-state index is 12.9. The average Bonchev–Trinajstić information content (AvgIpc) is 2.61. The number of carbonyl (C=O) groups is 2. The van der Waals surface area contributed by atoms with Crippen LogP contribution >= 0.6 is 24.8 Å². The van der Waals surface area contributed by atoms with Crippen LogP contribution in [0.3, 0.4) is 0 Å². The van der Waals surface area contributed by atoms with E-state index >= 15 is 0 Å². The first-order valence-corrected chi connectivity index (χ1v) is 8.28. The zero-order chi connectivity index (χ0) is 16.4. The fourth-order valence-corrected chi connectivity index (χ4v) is 3.48. The summed E-state index contributed by atoms with van der Waals surface area (Å²) in [6, 6.07) is 1.96. The van der Waals surface area contributed by atoms with Gasteiger partial charge in [0.05, 0.1) is 29.6 Å². The van der Waals surface area contributed by atoms with E-state index in [1.54, 1.807) is 6.07 Å². The molecule has 0 radical (unpaired) electrons. The lowest BCUT2D eigenvalue weighted by molar-refractivity contribution is 0.0598. The highest BCUT2D eigenvalue weighted by Crippen LogP contribution is 2.25. The van der Waals surface area contributed by atoms with Crippen LogP contribution in [0, 0.1) is 0 Å². The van der Waals surface area contributed by atoms with Crippen LogP contribution in [0.4, 0.5) is 0 Å². The molecule has 3 rings (SSSR count). The summed E-state index contributed by atoms with van der Waals surface area (Å²) in [5.41, 5.74) is 2.49. The molecule has 25 heavy (non-hydrogen) atoms. The number of ether oxygens (including phenoxy) is 1. The zero-order valence-corrected chi connectivity index (χ0v) is 16.2. The molecule has 1 amide bonds. The molecule has 0 bridgehead atoms. The number of esters is 1. The van der Waals surface area contributed by atoms with Crippen molar-refractivity contribution in [3.63, 3.8) is 0 Å². The van der Waals surface area contributed by atoms with Gasteiger partial charge in [-0.15, -0.1) is 24.8 Å². The van der Waals surface area contributed by atoms with Gasteiger partial charge in [0, 0.05) is 19.0 Å². The summed E-state index contributed by atoms with van der Waals surface area (Å²) in [6.45, 7) is 4.56. The number of nitrogens with zero attached hydrogens (tertiary/aromatic N) is 2. The van der Waals surface area contributed by atoms with Crippen molar-refractivity contribution in [3.8, 4) is 0 Å². The molecule has 3 heterocycles. The Morgan fingerprint density at radius 2 is 2.04 bits per heavy atom. The van der Waals surface area contributed by atoms with E-state index in [9.17, 15) is 9.59 Å². The number of aryl methyl sites for hydroxylation is 1. The van der Waals surface area contributed by atoms with Crippen molar-refractivity contribution in [1.29, 1.82) is 0 Å². The van der Waals surface area contributed by atoms with E-state index in [1.165, 1.54) is 7.11 Å². The summed E-state index contributed by atoms with van der Waals surface area (Å²) in [7, 11) is 1.35. The lowest BCUT2D eigenvalue weighted by Crippen LogP contribution is -2.49. The van der Waals surface area contributed by atoms with Gasteiger partial charge < -0.3 is 15.0 Å². The number of halogens is 2. The van der Waals surface area contributed by atoms with Gasteiger partial charge in [-0.05, 0) is 38.4 Å². The molecule has 0 aromatic carbocycles. The summed E-state index contributed by atoms with van der Waals surface area (Å²) >= 11 is 0. The van der Waals surface area contributed by atoms with E-state index in [-0.39, 0.29) is 36.8 Å². The minimum Gasteiger partial charge on any atom is -0.465 e. The first kappa shape index (κ1) is 21.7. The van der Waals surface area contributed by atoms with Gasteiger partial charge in [0.2, 0.25) is 0 Å². The Morgan fingerprint density at radius 3 is 2.64 bits per heavy atom. The Kier molecular flexibility index (Phi) is 8.12. The number of pyridine rings is 1. The van der Waals surface area contributed by atoms with Crippen molar-refractivity contribution >= 4 is 36.7 Å². The molecule has 1 N–H and O–H groups in total. The highest BCUT2D eigenvalue weighted by Gasteiger charge is 2.32. The number of nitrogens with one attached hydrogen (secondary N) is 1. The van der Waals surface area contributed by atoms with E-state index in [2.05, 4.69) is 10.3 Å². The van der Waals surface area contributed by atoms with Gasteiger partial charge in [0.25, 0.3) is 5.91 Å². The molecule has 1 aromatic heterocycles. The Morgan fingerprint density at radius 1 is 1.36 bits per heavy atom. The van der Waals surface area contributed by atoms with Crippen LogP contribution in [-0.2, 0) is 17.6 Å². The Bertz CT molecular complexity index is 634. The predicted octanol–water partition coefficient (Wildman–Crippen LogP) is 2.02. The third-order valence-electron chi connectivity index (χ3n) is 4.75. The molecule has 1 aromatic rings. The summed E-state index contributed by atoms with van der Waals surface area (Å²) in [6.07, 6.45) is 3.35. The van der Waals surface area contributed by atoms with Crippen molar-refractivity contribution in [1.82, 2.24) is 15.2 Å². The molecule has 0 unspecified atom stereocenters. The lowest BCUT2D eigenvalue weighted by atomic mass is 9.96. The number of piperidine rings is 1. The second kappa shape index (κ2) is 9.36. The third kappa shape index (κ3) is 4.25. The zero-order valence-electron chi connectivity index (χ0n) is 14.5. The average molecular weight is 390 g/mol. The smallest absolute Gasteiger partial charge is 0.339 e. The summed E-state index contributed by atoms with van der Waals surface area (Å²) in [5, 5.41) is 3.32. The van der Waals surface area contributed by atoms with Gasteiger partial charge in [0.15, 0.2) is 0 Å². The summed E-state index contributed by atoms with van der Waals surface area (Å²) in [5.74, 6) is -0.428. The molecule has 6 nitrogen and oxygen atoms in total. The molecule has 0 atom stereocenters. The highest BCUT2D eigenvalue weighted by atomic mass is 35.5. The number of rotatable bonds is 3. The van der Waals surface area contributed by atoms with Crippen LogP contribution < -0.4 is 5.32 Å². The molecule has 1 saturated heterocycles. The number of fused-ring (bicyclic) bond motifs is 1. The van der Waals surface area contributed by atoms with Gasteiger partial charge in [-0.25, -0.2) is 4.79 Å². The standard InChI is InChI=1S/C17H23N3O3.2ClH/c1-3-14-13(17(22)23-2)10-12-15(19-14)6-9-20(16(12)21)11-4-7-18-8-5-11;;/h10-11,18H,3-9H2,1-2H3;2*1H. The van der Waals surface area contributed by atoms with Crippen LogP contribution in [0.15, 0.2) is 6.07 Å². The highest BCUT2D eigenvalue weighted by molar-refractivity contribution is 6.00. The largest absolute Gasteiger partial charge is 0.465 e. The van der Waals surface area contributed by atoms with Crippen molar-refractivity contribution in [3.05, 3.63) is 28.6 Å². The number of carbonyl (C=O) groups excluding carboxylic acids is 2. The monoisotopic (exact) mass is 389 g/mol. The van der Waals surface area contributed by atoms with Gasteiger partial charge in [-0.3, -0.25) is 9.78 Å². The van der Waals surface area contributed by atoms with Crippen molar-refractivity contribution < 1.29 is 14.3 Å². The van der Waals surface area contributed by atoms with Gasteiger partial charge in [-0.2, -0.15) is 0 Å². The maximum atomic E-state index is 12.9. The van der Waals surface area contributed by atoms with Crippen LogP contribution in [0.1, 0.15) is 51.9 Å². The maximum Gasteiger partial charge on any atom is 0.339 e. The number of methoxy groups -OCH3 is 1. The lowest BCUT2D eigenvalue weighted by Gasteiger charge is -2.37. The second-order valence-corrected chi connectivity index (χ2v) is 6.05. The van der Waals surface area contributed by atoms with E-state index in [0.29, 0.717) is 29.8 Å². The van der Waals surface area contributed by atoms with Crippen LogP contribution in [0.5, 0.6) is 0 Å². The Hall–Kier alpha value is -1.37. The summed E-state index contributed by atoms with van der Waals surface area (Å²) < 4.78 is 4.84. The second-order valence-electron chi connectivity index (χ2n) is 6.05. The van der Waals surface area contributed by atoms with Gasteiger partial charge in [-0.1, -0.05) is 6.92 Å². The van der Waals surface area contributed by atoms with E-state index in [1.807, 2.05) is 11.8 Å². The summed E-state index contributed by atoms with van der Waals surface area (Å²) in [4.78, 5) is 31.4. The SMILES string of the molecule is CCc1nc2c(cc1C(=O)OC)C(=O)N(C1CCNCC1)CC2.Cl.Cl. The van der Waals surface area contributed by atoms with Gasteiger partial charge in [0.1, 0.15) is 0 Å². The number of hydrogen-bond acceptors (Lipinski definition) is 5. The van der Waals surface area contributed by atoms with Crippen LogP contribution in [0.2, 0.25) is 0 Å². The normalized spacial score (nSPS) is 17.2. The van der Waals surface area contributed by atoms with E-state index < -0.39 is 5.97 Å². The molecule has 2 aliphatic heterocycles. The quantitative estimate of drug-likeness (QED) is 0.800. The minimum absolute atomic E-state index is 0. The third-order valence-corrected chi connectivity index (χ3v) is 4.75. The first-order valence-electron chi connectivity index (χ1n) is 8.28. The molecule has 140 valence electrons. The topological polar surface area (TPSA) is 71.5 Å². The predicted molar refractivity (Wildman–Crippen MR) is 100 cm³/mol. The Labute approximate surface area is 160 Å². The molecule has 1 fully saturated rings. The molecular weight excluding hydrogens is 365 g/mol. The molecule has 2 aliphatic rings. The number of hydrogen-bond donors (Lipinski definition) is 1. The number of aromatic nitrogens is 1. The van der Waals surface area contributed by atoms with E-state index in [4.69, 9.17) is 4.74 Å². The van der Waals surface area contributed by atoms with Crippen molar-refractivity contribution in [2.45, 2.75) is 38.6 Å². The fourth-order valence-electron chi connectivity index (χ4n) is 3.48. The van der Waals surface area contributed by atoms with Crippen LogP contribution in [-0.4, -0.2) is 54.5 Å². The molecule has 8 heteroatoms. The van der Waals surface area contributed by atoms with Crippen molar-refractivity contribution in [2.24, 2.45) is 0 Å². The molecule has 0 spiro atoms. The first-order chi connectivity index (χ1) is 11.2. The minimum atomic E-state index is -0.427.